The molecule has 2 aromatic heterocycles. The standard InChI is InChI=1S/C11H15N5O3S/c1-8-9(10(12)15-19-8)20(17,18)14-7-11(3-4-11)16-6-2-5-13-16/h2,5-6,14H,3-4,7H2,1H3,(H2,12,15). The van der Waals surface area contributed by atoms with E-state index in [4.69, 9.17) is 10.3 Å². The molecule has 0 aromatic carbocycles. The van der Waals surface area contributed by atoms with Crippen molar-refractivity contribution in [3.63, 3.8) is 0 Å². The van der Waals surface area contributed by atoms with E-state index in [1.165, 1.54) is 6.92 Å². The molecule has 1 saturated carbocycles. The van der Waals surface area contributed by atoms with Gasteiger partial charge in [0.1, 0.15) is 0 Å². The molecule has 9 heteroatoms. The summed E-state index contributed by atoms with van der Waals surface area (Å²) in [5, 5.41) is 7.63. The maximum Gasteiger partial charge on any atom is 0.247 e. The van der Waals surface area contributed by atoms with Gasteiger partial charge < -0.3 is 10.3 Å². The minimum atomic E-state index is -3.73. The Morgan fingerprint density at radius 3 is 2.80 bits per heavy atom. The molecular formula is C11H15N5O3S. The van der Waals surface area contributed by atoms with Gasteiger partial charge in [-0.05, 0) is 25.8 Å². The minimum absolute atomic E-state index is 0.0891. The molecule has 0 atom stereocenters. The van der Waals surface area contributed by atoms with Crippen LogP contribution < -0.4 is 10.5 Å². The monoisotopic (exact) mass is 297 g/mol. The summed E-state index contributed by atoms with van der Waals surface area (Å²) < 4.78 is 33.7. The molecule has 0 radical (unpaired) electrons. The van der Waals surface area contributed by atoms with E-state index in [2.05, 4.69) is 15.0 Å². The van der Waals surface area contributed by atoms with Crippen molar-refractivity contribution in [2.24, 2.45) is 0 Å². The number of aryl methyl sites for hydroxylation is 1. The first-order valence-electron chi connectivity index (χ1n) is 6.16. The number of nitrogens with one attached hydrogen (secondary N) is 1. The topological polar surface area (TPSA) is 116 Å². The van der Waals surface area contributed by atoms with Gasteiger partial charge in [-0.25, -0.2) is 13.1 Å². The van der Waals surface area contributed by atoms with Crippen LogP contribution in [-0.2, 0) is 15.6 Å². The highest BCUT2D eigenvalue weighted by Gasteiger charge is 2.46. The molecule has 1 fully saturated rings. The highest BCUT2D eigenvalue weighted by atomic mass is 32.2. The smallest absolute Gasteiger partial charge is 0.247 e. The van der Waals surface area contributed by atoms with Gasteiger partial charge in [0.05, 0.1) is 5.54 Å². The lowest BCUT2D eigenvalue weighted by molar-refractivity contribution is 0.396. The zero-order valence-electron chi connectivity index (χ0n) is 10.9. The zero-order valence-corrected chi connectivity index (χ0v) is 11.7. The lowest BCUT2D eigenvalue weighted by Crippen LogP contribution is -2.36. The van der Waals surface area contributed by atoms with Crippen LogP contribution in [-0.4, -0.2) is 29.9 Å². The number of rotatable bonds is 5. The predicted molar refractivity (Wildman–Crippen MR) is 70.3 cm³/mol. The highest BCUT2D eigenvalue weighted by Crippen LogP contribution is 2.42. The van der Waals surface area contributed by atoms with Gasteiger partial charge in [-0.1, -0.05) is 5.16 Å². The zero-order chi connectivity index (χ0) is 14.4. The molecule has 2 heterocycles. The van der Waals surface area contributed by atoms with Gasteiger partial charge in [0, 0.05) is 18.9 Å². The van der Waals surface area contributed by atoms with Crippen molar-refractivity contribution in [3.8, 4) is 0 Å². The number of sulfonamides is 1. The average Bonchev–Trinajstić information content (AvgIpc) is 2.82. The lowest BCUT2D eigenvalue weighted by Gasteiger charge is -2.16. The molecule has 0 amide bonds. The molecule has 1 aliphatic carbocycles. The molecule has 0 spiro atoms. The second-order valence-corrected chi connectivity index (χ2v) is 6.66. The molecule has 1 aliphatic rings. The van der Waals surface area contributed by atoms with Crippen molar-refractivity contribution in [3.05, 3.63) is 24.2 Å². The molecule has 20 heavy (non-hydrogen) atoms. The summed E-state index contributed by atoms with van der Waals surface area (Å²) in [7, 11) is -3.73. The Kier molecular flexibility index (Phi) is 2.83. The minimum Gasteiger partial charge on any atom is -0.380 e. The number of hydrogen-bond acceptors (Lipinski definition) is 6. The Hall–Kier alpha value is -1.87. The Morgan fingerprint density at radius 2 is 2.30 bits per heavy atom. The van der Waals surface area contributed by atoms with Gasteiger partial charge in [0.25, 0.3) is 0 Å². The van der Waals surface area contributed by atoms with E-state index in [0.29, 0.717) is 0 Å². The first-order valence-corrected chi connectivity index (χ1v) is 7.64. The van der Waals surface area contributed by atoms with Gasteiger partial charge in [-0.15, -0.1) is 0 Å². The first-order chi connectivity index (χ1) is 9.45. The summed E-state index contributed by atoms with van der Waals surface area (Å²) in [6.45, 7) is 1.78. The van der Waals surface area contributed by atoms with E-state index in [9.17, 15) is 8.42 Å². The maximum atomic E-state index is 12.3. The summed E-state index contributed by atoms with van der Waals surface area (Å²) in [6.07, 6.45) is 5.28. The third-order valence-electron chi connectivity index (χ3n) is 3.51. The van der Waals surface area contributed by atoms with Crippen LogP contribution in [0.25, 0.3) is 0 Å². The lowest BCUT2D eigenvalue weighted by atomic mass is 10.3. The Balaban J connectivity index is 1.79. The van der Waals surface area contributed by atoms with E-state index >= 15 is 0 Å². The van der Waals surface area contributed by atoms with Crippen LogP contribution in [0.15, 0.2) is 27.9 Å². The normalized spacial score (nSPS) is 17.2. The fourth-order valence-electron chi connectivity index (χ4n) is 2.19. The molecule has 2 aromatic rings. The Bertz CT molecular complexity index is 696. The van der Waals surface area contributed by atoms with E-state index in [1.54, 1.807) is 10.9 Å². The molecule has 0 aliphatic heterocycles. The second-order valence-electron chi connectivity index (χ2n) is 4.95. The Labute approximate surface area is 116 Å². The summed E-state index contributed by atoms with van der Waals surface area (Å²) in [6, 6.07) is 1.82. The third kappa shape index (κ3) is 2.08. The van der Waals surface area contributed by atoms with Gasteiger partial charge in [-0.2, -0.15) is 5.10 Å². The van der Waals surface area contributed by atoms with Crippen LogP contribution in [0, 0.1) is 6.92 Å². The largest absolute Gasteiger partial charge is 0.380 e. The number of aromatic nitrogens is 3. The van der Waals surface area contributed by atoms with Crippen molar-refractivity contribution in [2.75, 3.05) is 12.3 Å². The van der Waals surface area contributed by atoms with E-state index < -0.39 is 10.0 Å². The molecule has 3 N–H and O–H groups in total. The van der Waals surface area contributed by atoms with E-state index in [-0.39, 0.29) is 28.6 Å². The molecule has 0 bridgehead atoms. The SMILES string of the molecule is Cc1onc(N)c1S(=O)(=O)NCC1(n2cccn2)CC1. The highest BCUT2D eigenvalue weighted by molar-refractivity contribution is 7.89. The van der Waals surface area contributed by atoms with Gasteiger partial charge >= 0.3 is 0 Å². The number of nitrogens with two attached hydrogens (primary N) is 1. The van der Waals surface area contributed by atoms with Gasteiger partial charge in [-0.3, -0.25) is 4.68 Å². The van der Waals surface area contributed by atoms with Crippen molar-refractivity contribution >= 4 is 15.8 Å². The van der Waals surface area contributed by atoms with Crippen LogP contribution in [0.2, 0.25) is 0 Å². The van der Waals surface area contributed by atoms with E-state index in [1.807, 2.05) is 12.3 Å². The first kappa shape index (κ1) is 13.1. The van der Waals surface area contributed by atoms with Crippen LogP contribution >= 0.6 is 0 Å². The van der Waals surface area contributed by atoms with Crippen molar-refractivity contribution in [1.29, 1.82) is 0 Å². The summed E-state index contributed by atoms with van der Waals surface area (Å²) in [5.41, 5.74) is 5.27. The maximum absolute atomic E-state index is 12.3. The number of nitrogen functional groups attached to an aromatic ring is 1. The van der Waals surface area contributed by atoms with Crippen LogP contribution in [0.3, 0.4) is 0 Å². The van der Waals surface area contributed by atoms with Gasteiger partial charge in [0.2, 0.25) is 10.0 Å². The van der Waals surface area contributed by atoms with Crippen LogP contribution in [0.4, 0.5) is 5.82 Å². The van der Waals surface area contributed by atoms with Crippen molar-refractivity contribution < 1.29 is 12.9 Å². The molecule has 3 rings (SSSR count). The van der Waals surface area contributed by atoms with Crippen LogP contribution in [0.5, 0.6) is 0 Å². The fourth-order valence-corrected chi connectivity index (χ4v) is 3.52. The summed E-state index contributed by atoms with van der Waals surface area (Å²) in [5.74, 6) is 0.0536. The molecule has 108 valence electrons. The van der Waals surface area contributed by atoms with Crippen molar-refractivity contribution in [1.82, 2.24) is 19.7 Å². The molecular weight excluding hydrogens is 282 g/mol. The van der Waals surface area contributed by atoms with Gasteiger partial charge in [0.15, 0.2) is 16.5 Å². The third-order valence-corrected chi connectivity index (χ3v) is 5.07. The Morgan fingerprint density at radius 1 is 1.55 bits per heavy atom. The quantitative estimate of drug-likeness (QED) is 0.816. The predicted octanol–water partition coefficient (Wildman–Crippen LogP) is 0.229. The second kappa shape index (κ2) is 4.32. The number of nitrogens with zero attached hydrogens (tertiary/aromatic N) is 3. The van der Waals surface area contributed by atoms with Crippen molar-refractivity contribution in [2.45, 2.75) is 30.2 Å². The molecule has 0 saturated heterocycles. The van der Waals surface area contributed by atoms with E-state index in [0.717, 1.165) is 12.8 Å². The summed E-state index contributed by atoms with van der Waals surface area (Å²) in [4.78, 5) is -0.0891. The number of hydrogen-bond donors (Lipinski definition) is 2. The number of anilines is 1. The molecule has 0 unspecified atom stereocenters. The fraction of sp³-hybridized carbons (Fsp3) is 0.455. The van der Waals surface area contributed by atoms with Crippen LogP contribution in [0.1, 0.15) is 18.6 Å². The molecule has 8 nitrogen and oxygen atoms in total. The summed E-state index contributed by atoms with van der Waals surface area (Å²) >= 11 is 0. The average molecular weight is 297 g/mol.